The van der Waals surface area contributed by atoms with Gasteiger partial charge in [-0.05, 0) is 66.8 Å². The molecular weight excluding hydrogens is 328 g/mol. The van der Waals surface area contributed by atoms with Crippen LogP contribution in [0.5, 0.6) is 11.5 Å². The summed E-state index contributed by atoms with van der Waals surface area (Å²) >= 11 is 3.38. The number of alkyl halides is 1. The average molecular weight is 347 g/mol. The van der Waals surface area contributed by atoms with Gasteiger partial charge in [-0.25, -0.2) is 0 Å². The monoisotopic (exact) mass is 346 g/mol. The van der Waals surface area contributed by atoms with Crippen LogP contribution in [0.15, 0.2) is 36.4 Å². The molecule has 0 bridgehead atoms. The average Bonchev–Trinajstić information content (AvgIpc) is 2.47. The van der Waals surface area contributed by atoms with Crippen LogP contribution < -0.4 is 4.74 Å². The Morgan fingerprint density at radius 1 is 1.10 bits per heavy atom. The number of carbonyl (C=O) groups excluding carboxylic acids is 1. The number of benzene rings is 2. The lowest BCUT2D eigenvalue weighted by Crippen LogP contribution is -1.99. The van der Waals surface area contributed by atoms with Gasteiger partial charge in [0, 0.05) is 0 Å². The van der Waals surface area contributed by atoms with Gasteiger partial charge >= 0.3 is 0 Å². The molecule has 0 saturated carbocycles. The summed E-state index contributed by atoms with van der Waals surface area (Å²) in [5.74, 6) is 1.62. The van der Waals surface area contributed by atoms with Crippen molar-refractivity contribution in [3.05, 3.63) is 58.7 Å². The van der Waals surface area contributed by atoms with Gasteiger partial charge in [0.15, 0.2) is 0 Å². The van der Waals surface area contributed by atoms with Gasteiger partial charge < -0.3 is 9.53 Å². The van der Waals surface area contributed by atoms with Crippen LogP contribution in [0.1, 0.15) is 34.0 Å². The molecule has 0 amide bonds. The highest BCUT2D eigenvalue weighted by atomic mass is 79.9. The molecule has 0 fully saturated rings. The number of rotatable bonds is 5. The predicted octanol–water partition coefficient (Wildman–Crippen LogP) is 5.29. The van der Waals surface area contributed by atoms with Crippen molar-refractivity contribution < 1.29 is 9.53 Å². The van der Waals surface area contributed by atoms with Crippen LogP contribution in [0.4, 0.5) is 0 Å². The fourth-order valence-corrected chi connectivity index (χ4v) is 3.15. The van der Waals surface area contributed by atoms with Gasteiger partial charge in [0.25, 0.3) is 0 Å². The summed E-state index contributed by atoms with van der Waals surface area (Å²) in [4.78, 5) is 10.7. The van der Waals surface area contributed by atoms with Crippen molar-refractivity contribution in [1.82, 2.24) is 0 Å². The third kappa shape index (κ3) is 3.73. The van der Waals surface area contributed by atoms with E-state index >= 15 is 0 Å². The highest BCUT2D eigenvalue weighted by Crippen LogP contribution is 2.32. The van der Waals surface area contributed by atoms with E-state index in [1.165, 1.54) is 5.56 Å². The van der Waals surface area contributed by atoms with Gasteiger partial charge in [0.2, 0.25) is 0 Å². The maximum Gasteiger partial charge on any atom is 0.138 e. The number of aryl methyl sites for hydroxylation is 3. The van der Waals surface area contributed by atoms with Crippen molar-refractivity contribution in [3.8, 4) is 11.5 Å². The minimum atomic E-state index is -0.268. The van der Waals surface area contributed by atoms with Gasteiger partial charge in [-0.2, -0.15) is 0 Å². The molecule has 0 aliphatic rings. The first-order valence-corrected chi connectivity index (χ1v) is 7.94. The lowest BCUT2D eigenvalue weighted by Gasteiger charge is -2.14. The zero-order valence-corrected chi connectivity index (χ0v) is 14.1. The van der Waals surface area contributed by atoms with Crippen LogP contribution in [0.3, 0.4) is 0 Å². The Morgan fingerprint density at radius 3 is 2.14 bits per heavy atom. The minimum Gasteiger partial charge on any atom is -0.457 e. The molecule has 110 valence electrons. The second kappa shape index (κ2) is 6.90. The second-order valence-electron chi connectivity index (χ2n) is 5.11. The van der Waals surface area contributed by atoms with E-state index in [-0.39, 0.29) is 4.83 Å². The molecule has 0 spiro atoms. The Labute approximate surface area is 134 Å². The van der Waals surface area contributed by atoms with Crippen LogP contribution in [-0.4, -0.2) is 6.29 Å². The molecule has 3 heteroatoms. The van der Waals surface area contributed by atoms with Gasteiger partial charge in [-0.1, -0.05) is 35.0 Å². The molecule has 2 nitrogen and oxygen atoms in total. The molecule has 2 rings (SSSR count). The van der Waals surface area contributed by atoms with E-state index in [0.29, 0.717) is 0 Å². The normalized spacial score (nSPS) is 12.0. The van der Waals surface area contributed by atoms with E-state index in [2.05, 4.69) is 35.0 Å². The van der Waals surface area contributed by atoms with Crippen LogP contribution in [0.25, 0.3) is 0 Å². The Morgan fingerprint density at radius 2 is 1.67 bits per heavy atom. The third-order valence-corrected chi connectivity index (χ3v) is 4.20. The maximum atomic E-state index is 11.0. The first-order chi connectivity index (χ1) is 10.0. The van der Waals surface area contributed by atoms with Crippen molar-refractivity contribution in [3.63, 3.8) is 0 Å². The van der Waals surface area contributed by atoms with Crippen molar-refractivity contribution in [2.45, 2.75) is 32.0 Å². The van der Waals surface area contributed by atoms with Gasteiger partial charge in [-0.3, -0.25) is 0 Å². The molecule has 0 aliphatic heterocycles. The molecular formula is C18H19BrO2. The van der Waals surface area contributed by atoms with Gasteiger partial charge in [0.05, 0.1) is 4.83 Å². The minimum absolute atomic E-state index is 0.268. The topological polar surface area (TPSA) is 26.3 Å². The first kappa shape index (κ1) is 15.8. The SMILES string of the molecule is CCc1ccc(Oc2cc(C)c(C(Br)C=O)c(C)c2)cc1. The predicted molar refractivity (Wildman–Crippen MR) is 89.5 cm³/mol. The highest BCUT2D eigenvalue weighted by Gasteiger charge is 2.13. The lowest BCUT2D eigenvalue weighted by molar-refractivity contribution is -0.107. The Kier molecular flexibility index (Phi) is 5.18. The van der Waals surface area contributed by atoms with Crippen LogP contribution in [-0.2, 0) is 11.2 Å². The molecule has 0 radical (unpaired) electrons. The van der Waals surface area contributed by atoms with Gasteiger partial charge in [-0.15, -0.1) is 0 Å². The summed E-state index contributed by atoms with van der Waals surface area (Å²) in [7, 11) is 0. The standard InChI is InChI=1S/C18H19BrO2/c1-4-14-5-7-15(8-6-14)21-16-9-12(2)18(13(3)10-16)17(19)11-20/h5-11,17H,4H2,1-3H3. The number of ether oxygens (including phenoxy) is 1. The Balaban J connectivity index is 2.26. The molecule has 21 heavy (non-hydrogen) atoms. The summed E-state index contributed by atoms with van der Waals surface area (Å²) in [6.07, 6.45) is 1.92. The van der Waals surface area contributed by atoms with Crippen molar-refractivity contribution in [2.24, 2.45) is 0 Å². The van der Waals surface area contributed by atoms with Crippen LogP contribution >= 0.6 is 15.9 Å². The first-order valence-electron chi connectivity index (χ1n) is 7.02. The van der Waals surface area contributed by atoms with E-state index in [4.69, 9.17) is 4.74 Å². The number of hydrogen-bond donors (Lipinski definition) is 0. The molecule has 0 aliphatic carbocycles. The van der Waals surface area contributed by atoms with Crippen LogP contribution in [0, 0.1) is 13.8 Å². The Hall–Kier alpha value is -1.61. The number of carbonyl (C=O) groups is 1. The van der Waals surface area contributed by atoms with Crippen LogP contribution in [0.2, 0.25) is 0 Å². The van der Waals surface area contributed by atoms with Gasteiger partial charge in [0.1, 0.15) is 17.8 Å². The Bertz CT molecular complexity index is 609. The van der Waals surface area contributed by atoms with Crippen molar-refractivity contribution in [2.75, 3.05) is 0 Å². The van der Waals surface area contributed by atoms with E-state index in [9.17, 15) is 4.79 Å². The summed E-state index contributed by atoms with van der Waals surface area (Å²) in [6, 6.07) is 12.0. The van der Waals surface area contributed by atoms with E-state index in [0.717, 1.165) is 40.9 Å². The number of hydrogen-bond acceptors (Lipinski definition) is 2. The third-order valence-electron chi connectivity index (χ3n) is 3.53. The molecule has 2 aromatic rings. The largest absolute Gasteiger partial charge is 0.457 e. The lowest BCUT2D eigenvalue weighted by atomic mass is 10.00. The molecule has 2 aromatic carbocycles. The van der Waals surface area contributed by atoms with E-state index < -0.39 is 0 Å². The fraction of sp³-hybridized carbons (Fsp3) is 0.278. The molecule has 1 unspecified atom stereocenters. The zero-order valence-electron chi connectivity index (χ0n) is 12.5. The van der Waals surface area contributed by atoms with Crippen molar-refractivity contribution in [1.29, 1.82) is 0 Å². The summed E-state index contributed by atoms with van der Waals surface area (Å²) in [5.41, 5.74) is 4.39. The number of aldehydes is 1. The quantitative estimate of drug-likeness (QED) is 0.542. The zero-order chi connectivity index (χ0) is 15.4. The molecule has 0 aromatic heterocycles. The maximum absolute atomic E-state index is 11.0. The summed E-state index contributed by atoms with van der Waals surface area (Å²) in [6.45, 7) is 6.12. The second-order valence-corrected chi connectivity index (χ2v) is 6.09. The smallest absolute Gasteiger partial charge is 0.138 e. The fourth-order valence-electron chi connectivity index (χ4n) is 2.43. The summed E-state index contributed by atoms with van der Waals surface area (Å²) < 4.78 is 5.90. The molecule has 0 saturated heterocycles. The molecule has 1 atom stereocenters. The van der Waals surface area contributed by atoms with E-state index in [1.807, 2.05) is 38.1 Å². The number of halogens is 1. The van der Waals surface area contributed by atoms with E-state index in [1.54, 1.807) is 0 Å². The highest BCUT2D eigenvalue weighted by molar-refractivity contribution is 9.09. The molecule has 0 N–H and O–H groups in total. The molecule has 0 heterocycles. The summed E-state index contributed by atoms with van der Waals surface area (Å²) in [5, 5.41) is 0. The van der Waals surface area contributed by atoms with Crippen molar-refractivity contribution >= 4 is 22.2 Å².